The highest BCUT2D eigenvalue weighted by atomic mass is 16.8. The van der Waals surface area contributed by atoms with Crippen molar-refractivity contribution < 1.29 is 89.4 Å². The standard InChI is InChI=1S/C68H115NO18/c1-3-5-7-9-11-13-15-17-19-21-23-25-27-29-31-33-35-37-39-41-43-45-52(73)51(69-56(74)46-44-42-40-38-36-34-32-30-28-26-24-22-20-18-16-14-12-10-8-6-4-2)50-82-66-62(80)59(77)64(54(48-71)84-66)87-68-63(81)60(78)65(55(49-72)85-68)86-67-61(79)58(76)57(75)53(47-70)83-67/h6,8,12,14,18,20,24,26,30,32,35-38,43,45,51-55,57-68,70-73,75-81H,3-5,7,9-11,13,15-17,19,21-23,25,27-29,31,33-34,39-42,44,46-50H2,1-2H3,(H,69,74)/b8-6-,14-12-,20-18-,26-24-,32-30-,37-35+,38-36-,45-43+. The molecule has 3 aliphatic rings. The van der Waals surface area contributed by atoms with Crippen LogP contribution >= 0.6 is 0 Å². The van der Waals surface area contributed by atoms with Crippen LogP contribution in [-0.2, 0) is 33.2 Å². The number of allylic oxidation sites excluding steroid dienone is 15. The molecule has 12 N–H and O–H groups in total. The Hall–Kier alpha value is -3.29. The van der Waals surface area contributed by atoms with Crippen LogP contribution in [0.2, 0.25) is 0 Å². The van der Waals surface area contributed by atoms with E-state index in [4.69, 9.17) is 28.4 Å². The quantitative estimate of drug-likeness (QED) is 0.0205. The minimum Gasteiger partial charge on any atom is -0.394 e. The van der Waals surface area contributed by atoms with Gasteiger partial charge in [-0.15, -0.1) is 0 Å². The smallest absolute Gasteiger partial charge is 0.220 e. The van der Waals surface area contributed by atoms with Gasteiger partial charge in [0.15, 0.2) is 18.9 Å². The predicted molar refractivity (Wildman–Crippen MR) is 337 cm³/mol. The third-order valence-corrected chi connectivity index (χ3v) is 15.9. The average Bonchev–Trinajstić information content (AvgIpc) is 2.40. The fourth-order valence-corrected chi connectivity index (χ4v) is 10.5. The first kappa shape index (κ1) is 78.0. The van der Waals surface area contributed by atoms with Crippen LogP contribution in [0.3, 0.4) is 0 Å². The van der Waals surface area contributed by atoms with Gasteiger partial charge in [-0.1, -0.05) is 201 Å². The van der Waals surface area contributed by atoms with Crippen molar-refractivity contribution in [3.05, 3.63) is 97.2 Å². The topological polar surface area (TPSA) is 307 Å². The highest BCUT2D eigenvalue weighted by Crippen LogP contribution is 2.33. The summed E-state index contributed by atoms with van der Waals surface area (Å²) in [6.45, 7) is 1.55. The maximum Gasteiger partial charge on any atom is 0.220 e. The maximum absolute atomic E-state index is 13.4. The lowest BCUT2D eigenvalue weighted by Crippen LogP contribution is -2.66. The summed E-state index contributed by atoms with van der Waals surface area (Å²) < 4.78 is 34.3. The summed E-state index contributed by atoms with van der Waals surface area (Å²) in [4.78, 5) is 13.4. The fraction of sp³-hybridized carbons (Fsp3) is 0.750. The molecule has 19 heteroatoms. The number of ether oxygens (including phenoxy) is 6. The predicted octanol–water partition coefficient (Wildman–Crippen LogP) is 7.71. The molecule has 0 bridgehead atoms. The molecule has 3 heterocycles. The Labute approximate surface area is 520 Å². The Morgan fingerprint density at radius 2 is 0.805 bits per heavy atom. The van der Waals surface area contributed by atoms with Gasteiger partial charge in [-0.2, -0.15) is 0 Å². The monoisotopic (exact) mass is 1230 g/mol. The van der Waals surface area contributed by atoms with Crippen molar-refractivity contribution >= 4 is 5.91 Å². The molecule has 3 aliphatic heterocycles. The van der Waals surface area contributed by atoms with Gasteiger partial charge in [0.2, 0.25) is 5.91 Å². The van der Waals surface area contributed by atoms with Crippen LogP contribution in [0.5, 0.6) is 0 Å². The number of amides is 1. The molecule has 17 unspecified atom stereocenters. The van der Waals surface area contributed by atoms with E-state index < -0.39 is 131 Å². The molecule has 0 aliphatic carbocycles. The second-order valence-corrected chi connectivity index (χ2v) is 23.2. The molecule has 0 saturated carbocycles. The third kappa shape index (κ3) is 32.0. The molecule has 3 saturated heterocycles. The molecule has 0 aromatic carbocycles. The first-order valence-electron chi connectivity index (χ1n) is 33.0. The fourth-order valence-electron chi connectivity index (χ4n) is 10.5. The van der Waals surface area contributed by atoms with Gasteiger partial charge in [0.1, 0.15) is 73.2 Å². The summed E-state index contributed by atoms with van der Waals surface area (Å²) in [5.74, 6) is -0.331. The first-order valence-corrected chi connectivity index (χ1v) is 33.0. The van der Waals surface area contributed by atoms with Crippen molar-refractivity contribution in [2.24, 2.45) is 0 Å². The van der Waals surface area contributed by atoms with Gasteiger partial charge in [0.25, 0.3) is 0 Å². The highest BCUT2D eigenvalue weighted by molar-refractivity contribution is 5.76. The molecule has 3 rings (SSSR count). The number of hydrogen-bond donors (Lipinski definition) is 12. The van der Waals surface area contributed by atoms with E-state index in [1.54, 1.807) is 6.08 Å². The molecule has 1 amide bonds. The Kier molecular flexibility index (Phi) is 44.3. The number of nitrogens with one attached hydrogen (secondary N) is 1. The SMILES string of the molecule is CC/C=C\C/C=C\C/C=C\C/C=C\C/C=C\C/C=C\CCCCC(=O)NC(COC1OC(CO)C(OC2OC(CO)C(OC3OC(CO)C(O)C(O)C3O)C(O)C2O)C(O)C1O)C(O)/C=C/CC/C=C/CCCCCCCCCCCCCCCCC. The average molecular weight is 1230 g/mol. The molecular weight excluding hydrogens is 1120 g/mol. The largest absolute Gasteiger partial charge is 0.394 e. The number of carbonyl (C=O) groups excluding carboxylic acids is 1. The molecular formula is C68H115NO18. The zero-order valence-corrected chi connectivity index (χ0v) is 52.5. The normalized spacial score (nSPS) is 29.2. The second kappa shape index (κ2) is 49.4. The third-order valence-electron chi connectivity index (χ3n) is 15.9. The van der Waals surface area contributed by atoms with Crippen LogP contribution in [-0.4, -0.2) is 193 Å². The number of hydrogen-bond acceptors (Lipinski definition) is 18. The van der Waals surface area contributed by atoms with E-state index in [0.29, 0.717) is 12.8 Å². The molecule has 500 valence electrons. The van der Waals surface area contributed by atoms with Gasteiger partial charge in [-0.05, 0) is 83.5 Å². The Morgan fingerprint density at radius 3 is 1.29 bits per heavy atom. The van der Waals surface area contributed by atoms with E-state index in [1.807, 2.05) is 6.08 Å². The molecule has 87 heavy (non-hydrogen) atoms. The van der Waals surface area contributed by atoms with E-state index in [9.17, 15) is 61.0 Å². The van der Waals surface area contributed by atoms with Crippen molar-refractivity contribution in [3.63, 3.8) is 0 Å². The number of aliphatic hydroxyl groups excluding tert-OH is 11. The highest BCUT2D eigenvalue weighted by Gasteiger charge is 2.53. The van der Waals surface area contributed by atoms with E-state index in [-0.39, 0.29) is 12.3 Å². The van der Waals surface area contributed by atoms with E-state index >= 15 is 0 Å². The summed E-state index contributed by atoms with van der Waals surface area (Å²) in [5, 5.41) is 120. The van der Waals surface area contributed by atoms with Crippen molar-refractivity contribution in [2.75, 3.05) is 26.4 Å². The van der Waals surface area contributed by atoms with Gasteiger partial charge >= 0.3 is 0 Å². The van der Waals surface area contributed by atoms with Crippen LogP contribution in [0.25, 0.3) is 0 Å². The van der Waals surface area contributed by atoms with Gasteiger partial charge < -0.3 is 89.9 Å². The number of aliphatic hydroxyl groups is 11. The van der Waals surface area contributed by atoms with E-state index in [1.165, 1.54) is 89.9 Å². The lowest BCUT2D eigenvalue weighted by Gasteiger charge is -2.48. The molecule has 0 aromatic heterocycles. The summed E-state index contributed by atoms with van der Waals surface area (Å²) in [5.41, 5.74) is 0. The van der Waals surface area contributed by atoms with Crippen LogP contribution in [0.1, 0.15) is 194 Å². The van der Waals surface area contributed by atoms with Crippen molar-refractivity contribution in [1.29, 1.82) is 0 Å². The molecule has 0 aromatic rings. The Balaban J connectivity index is 1.50. The number of unbranched alkanes of at least 4 members (excludes halogenated alkanes) is 18. The van der Waals surface area contributed by atoms with Crippen LogP contribution in [0.4, 0.5) is 0 Å². The molecule has 0 spiro atoms. The van der Waals surface area contributed by atoms with E-state index in [0.717, 1.165) is 70.6 Å². The van der Waals surface area contributed by atoms with Crippen LogP contribution in [0.15, 0.2) is 97.2 Å². The summed E-state index contributed by atoms with van der Waals surface area (Å²) in [7, 11) is 0. The maximum atomic E-state index is 13.4. The van der Waals surface area contributed by atoms with Crippen molar-refractivity contribution in [2.45, 2.75) is 298 Å². The van der Waals surface area contributed by atoms with E-state index in [2.05, 4.69) is 104 Å². The second-order valence-electron chi connectivity index (χ2n) is 23.2. The lowest BCUT2D eigenvalue weighted by molar-refractivity contribution is -0.379. The lowest BCUT2D eigenvalue weighted by atomic mass is 9.96. The summed E-state index contributed by atoms with van der Waals surface area (Å²) >= 11 is 0. The first-order chi connectivity index (χ1) is 42.3. The van der Waals surface area contributed by atoms with Crippen molar-refractivity contribution in [3.8, 4) is 0 Å². The van der Waals surface area contributed by atoms with Gasteiger partial charge in [0, 0.05) is 6.42 Å². The van der Waals surface area contributed by atoms with Crippen LogP contribution in [0, 0.1) is 0 Å². The molecule has 3 fully saturated rings. The zero-order valence-electron chi connectivity index (χ0n) is 52.5. The van der Waals surface area contributed by atoms with Gasteiger partial charge in [-0.3, -0.25) is 4.79 Å². The van der Waals surface area contributed by atoms with Gasteiger partial charge in [0.05, 0.1) is 38.6 Å². The molecule has 19 nitrogen and oxygen atoms in total. The minimum atomic E-state index is -1.99. The Bertz CT molecular complexity index is 1960. The zero-order chi connectivity index (χ0) is 63.3. The number of rotatable bonds is 48. The Morgan fingerprint density at radius 1 is 0.425 bits per heavy atom. The summed E-state index contributed by atoms with van der Waals surface area (Å²) in [6, 6.07) is -1.02. The summed E-state index contributed by atoms with van der Waals surface area (Å²) in [6.07, 6.45) is 36.7. The minimum absolute atomic E-state index is 0.175. The van der Waals surface area contributed by atoms with Crippen LogP contribution < -0.4 is 5.32 Å². The van der Waals surface area contributed by atoms with Crippen molar-refractivity contribution in [1.82, 2.24) is 5.32 Å². The molecule has 17 atom stereocenters. The van der Waals surface area contributed by atoms with Gasteiger partial charge in [-0.25, -0.2) is 0 Å². The number of carbonyl (C=O) groups is 1. The molecule has 0 radical (unpaired) electrons.